The second kappa shape index (κ2) is 11.5. The van der Waals surface area contributed by atoms with Gasteiger partial charge in [0, 0.05) is 36.1 Å². The van der Waals surface area contributed by atoms with Crippen LogP contribution in [0.25, 0.3) is 22.3 Å². The summed E-state index contributed by atoms with van der Waals surface area (Å²) >= 11 is 0. The fourth-order valence-corrected chi connectivity index (χ4v) is 4.84. The lowest BCUT2D eigenvalue weighted by molar-refractivity contribution is -0.0590. The number of pyridine rings is 2. The van der Waals surface area contributed by atoms with Gasteiger partial charge >= 0.3 is 5.97 Å². The maximum absolute atomic E-state index is 15.3. The summed E-state index contributed by atoms with van der Waals surface area (Å²) in [6.07, 6.45) is 2.17. The first-order chi connectivity index (χ1) is 20.8. The molecule has 1 atom stereocenters. The zero-order valence-corrected chi connectivity index (χ0v) is 22.5. The molecular formula is C31H23F2N5O5. The Bertz CT molecular complexity index is 1980. The molecule has 43 heavy (non-hydrogen) atoms. The average Bonchev–Trinajstić information content (AvgIpc) is 3.32. The van der Waals surface area contributed by atoms with Gasteiger partial charge in [0.05, 0.1) is 47.6 Å². The van der Waals surface area contributed by atoms with Crippen molar-refractivity contribution in [1.82, 2.24) is 19.1 Å². The van der Waals surface area contributed by atoms with Gasteiger partial charge in [0.2, 0.25) is 5.88 Å². The Hall–Kier alpha value is -5.41. The number of aromatic carboxylic acids is 1. The number of carbonyl (C=O) groups is 1. The molecule has 0 spiro atoms. The quantitative estimate of drug-likeness (QED) is 0.268. The number of carboxylic acids is 1. The van der Waals surface area contributed by atoms with Gasteiger partial charge in [0.1, 0.15) is 23.8 Å². The number of hydrogen-bond acceptors (Lipinski definition) is 7. The number of fused-ring (bicyclic) bond motifs is 1. The largest absolute Gasteiger partial charge is 0.478 e. The second-order valence-electron chi connectivity index (χ2n) is 9.97. The summed E-state index contributed by atoms with van der Waals surface area (Å²) in [6, 6.07) is 16.7. The number of halogens is 2. The van der Waals surface area contributed by atoms with Crippen LogP contribution in [0.1, 0.15) is 33.7 Å². The molecule has 2 aromatic carbocycles. The molecule has 0 unspecified atom stereocenters. The number of nitriles is 1. The molecule has 12 heteroatoms. The predicted octanol–water partition coefficient (Wildman–Crippen LogP) is 4.52. The van der Waals surface area contributed by atoms with E-state index in [1.54, 1.807) is 35.0 Å². The lowest BCUT2D eigenvalue weighted by Crippen LogP contribution is -2.32. The summed E-state index contributed by atoms with van der Waals surface area (Å²) < 4.78 is 43.7. The molecule has 0 radical (unpaired) electrons. The number of imidazole rings is 1. The highest BCUT2D eigenvalue weighted by atomic mass is 19.1. The van der Waals surface area contributed by atoms with Gasteiger partial charge in [-0.2, -0.15) is 5.26 Å². The number of carboxylic acid groups (broad SMARTS) is 1. The normalized spacial score (nSPS) is 14.3. The van der Waals surface area contributed by atoms with Gasteiger partial charge in [0.15, 0.2) is 5.82 Å². The van der Waals surface area contributed by atoms with Crippen molar-refractivity contribution in [1.29, 1.82) is 5.26 Å². The molecule has 5 aromatic rings. The van der Waals surface area contributed by atoms with E-state index in [0.29, 0.717) is 23.7 Å². The molecule has 0 aliphatic carbocycles. The van der Waals surface area contributed by atoms with Crippen LogP contribution in [0, 0.1) is 23.0 Å². The van der Waals surface area contributed by atoms with Crippen molar-refractivity contribution >= 4 is 17.0 Å². The van der Waals surface area contributed by atoms with Crippen molar-refractivity contribution in [3.05, 3.63) is 111 Å². The molecule has 1 aliphatic rings. The Labute approximate surface area is 243 Å². The van der Waals surface area contributed by atoms with Crippen molar-refractivity contribution in [3.63, 3.8) is 0 Å². The average molecular weight is 584 g/mol. The van der Waals surface area contributed by atoms with Crippen LogP contribution >= 0.6 is 0 Å². The molecule has 4 heterocycles. The smallest absolute Gasteiger partial charge is 0.338 e. The molecule has 0 saturated carbocycles. The van der Waals surface area contributed by atoms with E-state index in [1.807, 2.05) is 6.07 Å². The SMILES string of the molecule is N#Cc1ccc(COc2cccc(-c3ccn(Cc4nc5ccc(C(=O)O)c(F)c5n4C[C@@H]4CCO4)c(=O)c3)n2)c(F)c1. The van der Waals surface area contributed by atoms with Crippen molar-refractivity contribution in [2.24, 2.45) is 0 Å². The van der Waals surface area contributed by atoms with E-state index in [2.05, 4.69) is 9.97 Å². The number of nitrogens with zero attached hydrogens (tertiary/aromatic N) is 5. The molecule has 6 rings (SSSR count). The molecule has 1 N–H and O–H groups in total. The number of benzene rings is 2. The fraction of sp³-hybridized carbons (Fsp3) is 0.194. The zero-order valence-electron chi connectivity index (χ0n) is 22.5. The van der Waals surface area contributed by atoms with E-state index in [4.69, 9.17) is 14.7 Å². The van der Waals surface area contributed by atoms with Gasteiger partial charge in [-0.15, -0.1) is 0 Å². The van der Waals surface area contributed by atoms with Crippen molar-refractivity contribution < 1.29 is 28.2 Å². The summed E-state index contributed by atoms with van der Waals surface area (Å²) in [4.78, 5) is 33.6. The molecule has 1 saturated heterocycles. The van der Waals surface area contributed by atoms with Crippen LogP contribution in [-0.2, 0) is 24.4 Å². The highest BCUT2D eigenvalue weighted by molar-refractivity contribution is 5.93. The highest BCUT2D eigenvalue weighted by Crippen LogP contribution is 2.26. The number of hydrogen-bond donors (Lipinski definition) is 1. The third-order valence-electron chi connectivity index (χ3n) is 7.22. The van der Waals surface area contributed by atoms with Gasteiger partial charge in [-0.3, -0.25) is 4.79 Å². The number of aromatic nitrogens is 4. The Kier molecular flexibility index (Phi) is 7.40. The molecular weight excluding hydrogens is 560 g/mol. The van der Waals surface area contributed by atoms with Crippen LogP contribution in [-0.4, -0.2) is 42.9 Å². The molecule has 0 amide bonds. The third kappa shape index (κ3) is 5.58. The van der Waals surface area contributed by atoms with E-state index in [9.17, 15) is 19.1 Å². The summed E-state index contributed by atoms with van der Waals surface area (Å²) in [5, 5.41) is 18.3. The van der Waals surface area contributed by atoms with Gasteiger partial charge in [-0.05, 0) is 42.8 Å². The zero-order chi connectivity index (χ0) is 30.1. The number of ether oxygens (including phenoxy) is 2. The van der Waals surface area contributed by atoms with Crippen LogP contribution in [0.3, 0.4) is 0 Å². The molecule has 216 valence electrons. The van der Waals surface area contributed by atoms with Gasteiger partial charge in [-0.1, -0.05) is 12.1 Å². The molecule has 10 nitrogen and oxygen atoms in total. The van der Waals surface area contributed by atoms with E-state index in [1.165, 1.54) is 34.9 Å². The lowest BCUT2D eigenvalue weighted by atomic mass is 10.1. The Balaban J connectivity index is 1.25. The van der Waals surface area contributed by atoms with Gasteiger partial charge in [0.25, 0.3) is 5.56 Å². The topological polar surface area (TPSA) is 132 Å². The highest BCUT2D eigenvalue weighted by Gasteiger charge is 2.25. The van der Waals surface area contributed by atoms with E-state index >= 15 is 4.39 Å². The predicted molar refractivity (Wildman–Crippen MR) is 149 cm³/mol. The van der Waals surface area contributed by atoms with E-state index in [0.717, 1.165) is 12.5 Å². The minimum Gasteiger partial charge on any atom is -0.478 e. The standard InChI is InChI=1S/C31H23F2N5O5/c32-23-12-18(14-34)4-5-20(23)17-43-27-3-1-2-24(36-27)19-8-10-37(28(39)13-19)16-26-35-25-7-6-22(31(40)41)29(33)30(25)38(26)15-21-9-11-42-21/h1-8,10,12-13,21H,9,11,15-17H2,(H,40,41)/t21-/m0/s1. The van der Waals surface area contributed by atoms with Crippen molar-refractivity contribution in [2.45, 2.75) is 32.2 Å². The second-order valence-corrected chi connectivity index (χ2v) is 9.97. The first-order valence-corrected chi connectivity index (χ1v) is 13.3. The van der Waals surface area contributed by atoms with Crippen LogP contribution in [0.4, 0.5) is 8.78 Å². The van der Waals surface area contributed by atoms with Gasteiger partial charge < -0.3 is 23.7 Å². The third-order valence-corrected chi connectivity index (χ3v) is 7.22. The van der Waals surface area contributed by atoms with Gasteiger partial charge in [-0.25, -0.2) is 23.5 Å². The van der Waals surface area contributed by atoms with Crippen LogP contribution in [0.5, 0.6) is 5.88 Å². The minimum atomic E-state index is -1.38. The summed E-state index contributed by atoms with van der Waals surface area (Å²) in [5.41, 5.74) is 0.959. The van der Waals surface area contributed by atoms with Crippen LogP contribution in [0.15, 0.2) is 71.7 Å². The Morgan fingerprint density at radius 1 is 1.14 bits per heavy atom. The lowest BCUT2D eigenvalue weighted by Gasteiger charge is -2.27. The summed E-state index contributed by atoms with van der Waals surface area (Å²) in [7, 11) is 0. The summed E-state index contributed by atoms with van der Waals surface area (Å²) in [6.45, 7) is 0.761. The van der Waals surface area contributed by atoms with E-state index < -0.39 is 23.2 Å². The maximum atomic E-state index is 15.3. The Morgan fingerprint density at radius 2 is 1.98 bits per heavy atom. The number of rotatable bonds is 9. The molecule has 3 aromatic heterocycles. The first kappa shape index (κ1) is 27.7. The van der Waals surface area contributed by atoms with Crippen LogP contribution in [0.2, 0.25) is 0 Å². The van der Waals surface area contributed by atoms with Crippen molar-refractivity contribution in [2.75, 3.05) is 6.61 Å². The monoisotopic (exact) mass is 583 g/mol. The fourth-order valence-electron chi connectivity index (χ4n) is 4.84. The Morgan fingerprint density at radius 3 is 2.67 bits per heavy atom. The minimum absolute atomic E-state index is 0.00902. The van der Waals surface area contributed by atoms with E-state index in [-0.39, 0.29) is 59.4 Å². The molecule has 0 bridgehead atoms. The van der Waals surface area contributed by atoms with Crippen molar-refractivity contribution in [3.8, 4) is 23.2 Å². The van der Waals surface area contributed by atoms with Crippen LogP contribution < -0.4 is 10.3 Å². The molecule has 1 aliphatic heterocycles. The summed E-state index contributed by atoms with van der Waals surface area (Å²) in [5.74, 6) is -2.23. The molecule has 1 fully saturated rings. The maximum Gasteiger partial charge on any atom is 0.338 e. The first-order valence-electron chi connectivity index (χ1n) is 13.3.